The minimum atomic E-state index is -0.829. The maximum Gasteiger partial charge on any atom is 0.328 e. The highest BCUT2D eigenvalue weighted by atomic mass is 16.5. The molecular formula is C19H25NO6. The van der Waals surface area contributed by atoms with Gasteiger partial charge in [-0.05, 0) is 19.4 Å². The zero-order valence-corrected chi connectivity index (χ0v) is 15.2. The molecule has 26 heavy (non-hydrogen) atoms. The van der Waals surface area contributed by atoms with Crippen molar-refractivity contribution in [3.8, 4) is 0 Å². The lowest BCUT2D eigenvalue weighted by molar-refractivity contribution is -0.147. The van der Waals surface area contributed by atoms with E-state index >= 15 is 0 Å². The Labute approximate surface area is 153 Å². The molecule has 1 aromatic carbocycles. The van der Waals surface area contributed by atoms with Crippen LogP contribution in [0.25, 0.3) is 0 Å². The van der Waals surface area contributed by atoms with E-state index in [9.17, 15) is 19.2 Å². The number of esters is 2. The van der Waals surface area contributed by atoms with Crippen LogP contribution in [0.1, 0.15) is 38.7 Å². The van der Waals surface area contributed by atoms with Crippen LogP contribution in [0.5, 0.6) is 0 Å². The average Bonchev–Trinajstić information content (AvgIpc) is 2.60. The summed E-state index contributed by atoms with van der Waals surface area (Å²) in [5.74, 6) is -1.96. The van der Waals surface area contributed by atoms with Gasteiger partial charge in [0, 0.05) is 19.3 Å². The van der Waals surface area contributed by atoms with Crippen molar-refractivity contribution in [2.45, 2.75) is 45.6 Å². The fourth-order valence-electron chi connectivity index (χ4n) is 2.27. The first-order chi connectivity index (χ1) is 12.5. The number of Topliss-reactive ketones (excluding diaryl/α,β-unsaturated/α-hetero) is 1. The van der Waals surface area contributed by atoms with Crippen molar-refractivity contribution in [2.75, 3.05) is 13.2 Å². The highest BCUT2D eigenvalue weighted by molar-refractivity contribution is 5.97. The third-order valence-electron chi connectivity index (χ3n) is 3.47. The summed E-state index contributed by atoms with van der Waals surface area (Å²) < 4.78 is 9.69. The van der Waals surface area contributed by atoms with Crippen molar-refractivity contribution in [3.05, 3.63) is 35.9 Å². The zero-order chi connectivity index (χ0) is 19.4. The lowest BCUT2D eigenvalue weighted by Crippen LogP contribution is -2.43. The number of ether oxygens (including phenoxy) is 2. The summed E-state index contributed by atoms with van der Waals surface area (Å²) in [6.45, 7) is 3.75. The fourth-order valence-corrected chi connectivity index (χ4v) is 2.27. The number of hydrogen-bond acceptors (Lipinski definition) is 6. The van der Waals surface area contributed by atoms with E-state index in [1.165, 1.54) is 0 Å². The van der Waals surface area contributed by atoms with Gasteiger partial charge in [0.1, 0.15) is 18.2 Å². The molecule has 7 nitrogen and oxygen atoms in total. The smallest absolute Gasteiger partial charge is 0.328 e. The predicted molar refractivity (Wildman–Crippen MR) is 94.2 cm³/mol. The predicted octanol–water partition coefficient (Wildman–Crippen LogP) is 1.58. The van der Waals surface area contributed by atoms with Gasteiger partial charge < -0.3 is 14.8 Å². The number of ketones is 1. The molecule has 7 heteroatoms. The normalized spacial score (nSPS) is 11.3. The van der Waals surface area contributed by atoms with Gasteiger partial charge in [-0.15, -0.1) is 0 Å². The summed E-state index contributed by atoms with van der Waals surface area (Å²) in [5.41, 5.74) is 0.879. The van der Waals surface area contributed by atoms with Gasteiger partial charge in [0.2, 0.25) is 5.91 Å². The highest BCUT2D eigenvalue weighted by Crippen LogP contribution is 2.06. The summed E-state index contributed by atoms with van der Waals surface area (Å²) in [6, 6.07) is 8.41. The molecule has 1 N–H and O–H groups in total. The largest absolute Gasteiger partial charge is 0.466 e. The van der Waals surface area contributed by atoms with Crippen LogP contribution in [0.4, 0.5) is 0 Å². The minimum absolute atomic E-state index is 0.0917. The minimum Gasteiger partial charge on any atom is -0.466 e. The van der Waals surface area contributed by atoms with Crippen molar-refractivity contribution in [3.63, 3.8) is 0 Å². The Balaban J connectivity index is 2.55. The standard InChI is InChI=1S/C19H25NO6/c1-3-25-18(23)13-15(21)10-11-17(22)20-16(19(24)26-4-2)12-14-8-6-5-7-9-14/h5-9,16H,3-4,10-13H2,1-2H3,(H,20,22). The second-order valence-corrected chi connectivity index (χ2v) is 5.58. The molecule has 0 saturated heterocycles. The Kier molecular flexibility index (Phi) is 9.67. The molecule has 1 aromatic rings. The van der Waals surface area contributed by atoms with Crippen LogP contribution in [-0.2, 0) is 35.1 Å². The van der Waals surface area contributed by atoms with Crippen LogP contribution >= 0.6 is 0 Å². The second-order valence-electron chi connectivity index (χ2n) is 5.58. The summed E-state index contributed by atoms with van der Waals surface area (Å²) in [7, 11) is 0. The molecule has 1 rings (SSSR count). The summed E-state index contributed by atoms with van der Waals surface area (Å²) in [6.07, 6.45) is -0.261. The molecule has 1 amide bonds. The molecule has 0 aromatic heterocycles. The molecule has 0 saturated carbocycles. The van der Waals surface area contributed by atoms with Crippen LogP contribution in [0, 0.1) is 0 Å². The summed E-state index contributed by atoms with van der Waals surface area (Å²) >= 11 is 0. The second kappa shape index (κ2) is 11.8. The molecule has 0 heterocycles. The van der Waals surface area contributed by atoms with Crippen molar-refractivity contribution in [1.29, 1.82) is 0 Å². The van der Waals surface area contributed by atoms with Crippen molar-refractivity contribution < 1.29 is 28.7 Å². The quantitative estimate of drug-likeness (QED) is 0.473. The zero-order valence-electron chi connectivity index (χ0n) is 15.2. The van der Waals surface area contributed by atoms with E-state index in [1.807, 2.05) is 30.3 Å². The van der Waals surface area contributed by atoms with Gasteiger partial charge in [-0.25, -0.2) is 4.79 Å². The number of benzene rings is 1. The number of carbonyl (C=O) groups is 4. The van der Waals surface area contributed by atoms with E-state index in [0.29, 0.717) is 6.42 Å². The first kappa shape index (κ1) is 21.3. The van der Waals surface area contributed by atoms with E-state index in [1.54, 1.807) is 13.8 Å². The Bertz CT molecular complexity index is 614. The molecule has 0 aliphatic heterocycles. The van der Waals surface area contributed by atoms with Gasteiger partial charge in [0.05, 0.1) is 13.2 Å². The maximum atomic E-state index is 12.1. The van der Waals surface area contributed by atoms with E-state index in [4.69, 9.17) is 4.74 Å². The topological polar surface area (TPSA) is 98.8 Å². The molecule has 0 aliphatic carbocycles. The van der Waals surface area contributed by atoms with Crippen LogP contribution in [0.15, 0.2) is 30.3 Å². The number of amides is 1. The van der Waals surface area contributed by atoms with Crippen LogP contribution in [0.3, 0.4) is 0 Å². The number of hydrogen-bond donors (Lipinski definition) is 1. The molecule has 1 unspecified atom stereocenters. The Morgan fingerprint density at radius 1 is 0.962 bits per heavy atom. The third-order valence-corrected chi connectivity index (χ3v) is 3.47. The molecule has 0 radical (unpaired) electrons. The van der Waals surface area contributed by atoms with Crippen molar-refractivity contribution in [1.82, 2.24) is 5.32 Å². The monoisotopic (exact) mass is 363 g/mol. The highest BCUT2D eigenvalue weighted by Gasteiger charge is 2.23. The van der Waals surface area contributed by atoms with Gasteiger partial charge in [-0.2, -0.15) is 0 Å². The van der Waals surface area contributed by atoms with Gasteiger partial charge in [0.15, 0.2) is 0 Å². The molecule has 0 spiro atoms. The number of carbonyl (C=O) groups excluding carboxylic acids is 4. The summed E-state index contributed by atoms with van der Waals surface area (Å²) in [4.78, 5) is 47.1. The SMILES string of the molecule is CCOC(=O)CC(=O)CCC(=O)NC(Cc1ccccc1)C(=O)OCC. The molecule has 0 bridgehead atoms. The van der Waals surface area contributed by atoms with Crippen molar-refractivity contribution >= 4 is 23.6 Å². The first-order valence-corrected chi connectivity index (χ1v) is 8.63. The third kappa shape index (κ3) is 8.41. The van der Waals surface area contributed by atoms with Gasteiger partial charge in [0.25, 0.3) is 0 Å². The molecule has 0 fully saturated rings. The van der Waals surface area contributed by atoms with Gasteiger partial charge in [-0.1, -0.05) is 30.3 Å². The molecule has 142 valence electrons. The number of rotatable bonds is 11. The van der Waals surface area contributed by atoms with E-state index in [2.05, 4.69) is 10.1 Å². The average molecular weight is 363 g/mol. The Morgan fingerprint density at radius 2 is 1.62 bits per heavy atom. The molecular weight excluding hydrogens is 338 g/mol. The first-order valence-electron chi connectivity index (χ1n) is 8.63. The fraction of sp³-hybridized carbons (Fsp3) is 0.474. The van der Waals surface area contributed by atoms with Crippen LogP contribution in [0.2, 0.25) is 0 Å². The Morgan fingerprint density at radius 3 is 2.23 bits per heavy atom. The molecule has 0 aliphatic rings. The van der Waals surface area contributed by atoms with E-state index in [0.717, 1.165) is 5.56 Å². The number of nitrogens with one attached hydrogen (secondary N) is 1. The van der Waals surface area contributed by atoms with Crippen LogP contribution < -0.4 is 5.32 Å². The lowest BCUT2D eigenvalue weighted by atomic mass is 10.1. The molecule has 1 atom stereocenters. The van der Waals surface area contributed by atoms with E-state index < -0.39 is 23.9 Å². The van der Waals surface area contributed by atoms with Crippen molar-refractivity contribution in [2.24, 2.45) is 0 Å². The maximum absolute atomic E-state index is 12.1. The van der Waals surface area contributed by atoms with Gasteiger partial charge in [-0.3, -0.25) is 14.4 Å². The van der Waals surface area contributed by atoms with Crippen LogP contribution in [-0.4, -0.2) is 42.9 Å². The lowest BCUT2D eigenvalue weighted by Gasteiger charge is -2.17. The Hall–Kier alpha value is -2.70. The van der Waals surface area contributed by atoms with Gasteiger partial charge >= 0.3 is 11.9 Å². The van der Waals surface area contributed by atoms with E-state index in [-0.39, 0.29) is 38.3 Å². The summed E-state index contributed by atoms with van der Waals surface area (Å²) in [5, 5.41) is 2.60.